The molecular weight excluding hydrogens is 278 g/mol. The van der Waals surface area contributed by atoms with Crippen LogP contribution in [-0.2, 0) is 0 Å². The molecule has 2 aromatic carbocycles. The van der Waals surface area contributed by atoms with E-state index in [1.54, 1.807) is 31.2 Å². The van der Waals surface area contributed by atoms with Crippen LogP contribution in [0.2, 0.25) is 0 Å². The predicted octanol–water partition coefficient (Wildman–Crippen LogP) is 4.07. The van der Waals surface area contributed by atoms with Crippen molar-refractivity contribution < 1.29 is 14.7 Å². The molecule has 114 valence electrons. The first-order valence-electron chi connectivity index (χ1n) is 7.13. The summed E-state index contributed by atoms with van der Waals surface area (Å²) in [6.45, 7) is 5.97. The number of hydrogen-bond acceptors (Lipinski definition) is 2. The Balaban J connectivity index is 2.16. The highest BCUT2D eigenvalue weighted by Crippen LogP contribution is 2.19. The highest BCUT2D eigenvalue weighted by molar-refractivity contribution is 6.04. The smallest absolute Gasteiger partial charge is 0.335 e. The third kappa shape index (κ3) is 3.52. The molecule has 0 saturated heterocycles. The molecule has 0 fully saturated rings. The van der Waals surface area contributed by atoms with Crippen LogP contribution in [0.3, 0.4) is 0 Å². The Morgan fingerprint density at radius 1 is 1.00 bits per heavy atom. The number of carboxylic acid groups (broad SMARTS) is 1. The molecule has 1 amide bonds. The Morgan fingerprint density at radius 2 is 1.59 bits per heavy atom. The fourth-order valence-electron chi connectivity index (χ4n) is 2.15. The quantitative estimate of drug-likeness (QED) is 0.894. The molecule has 0 aliphatic heterocycles. The second-order valence-electron chi connectivity index (χ2n) is 5.57. The van der Waals surface area contributed by atoms with Gasteiger partial charge in [0.1, 0.15) is 0 Å². The number of carbonyl (C=O) groups is 2. The van der Waals surface area contributed by atoms with Crippen molar-refractivity contribution >= 4 is 17.6 Å². The molecule has 2 rings (SSSR count). The molecule has 0 heterocycles. The van der Waals surface area contributed by atoms with E-state index in [0.717, 1.165) is 0 Å². The Labute approximate surface area is 129 Å². The zero-order valence-electron chi connectivity index (χ0n) is 12.9. The summed E-state index contributed by atoms with van der Waals surface area (Å²) < 4.78 is 0. The lowest BCUT2D eigenvalue weighted by Gasteiger charge is -2.10. The molecule has 0 radical (unpaired) electrons. The lowest BCUT2D eigenvalue weighted by atomic mass is 10.0. The molecular formula is C18H19NO3. The normalized spacial score (nSPS) is 10.5. The van der Waals surface area contributed by atoms with Crippen LogP contribution in [0, 0.1) is 6.92 Å². The number of nitrogens with one attached hydrogen (secondary N) is 1. The summed E-state index contributed by atoms with van der Waals surface area (Å²) >= 11 is 0. The molecule has 0 atom stereocenters. The number of aryl methyl sites for hydroxylation is 1. The maximum absolute atomic E-state index is 12.2. The Morgan fingerprint density at radius 3 is 2.09 bits per heavy atom. The van der Waals surface area contributed by atoms with Crippen LogP contribution in [0.1, 0.15) is 51.6 Å². The molecule has 22 heavy (non-hydrogen) atoms. The first-order valence-corrected chi connectivity index (χ1v) is 7.13. The third-order valence-corrected chi connectivity index (χ3v) is 3.56. The van der Waals surface area contributed by atoms with Gasteiger partial charge in [-0.3, -0.25) is 4.79 Å². The molecule has 0 aromatic heterocycles. The minimum Gasteiger partial charge on any atom is -0.478 e. The van der Waals surface area contributed by atoms with Crippen molar-refractivity contribution in [1.82, 2.24) is 0 Å². The number of carbonyl (C=O) groups excluding carboxylic acids is 1. The first-order chi connectivity index (χ1) is 10.4. The largest absolute Gasteiger partial charge is 0.478 e. The number of hydrogen-bond donors (Lipinski definition) is 2. The monoisotopic (exact) mass is 297 g/mol. The van der Waals surface area contributed by atoms with Crippen LogP contribution in [0.15, 0.2) is 42.5 Å². The molecule has 4 heteroatoms. The van der Waals surface area contributed by atoms with Crippen molar-refractivity contribution in [2.75, 3.05) is 5.32 Å². The van der Waals surface area contributed by atoms with Gasteiger partial charge in [-0.15, -0.1) is 0 Å². The summed E-state index contributed by atoms with van der Waals surface area (Å²) in [5.74, 6) is -0.769. The molecule has 2 N–H and O–H groups in total. The summed E-state index contributed by atoms with van der Waals surface area (Å²) in [5, 5.41) is 11.8. The lowest BCUT2D eigenvalue weighted by molar-refractivity contribution is 0.0696. The fraction of sp³-hybridized carbons (Fsp3) is 0.222. The Bertz CT molecular complexity index is 703. The van der Waals surface area contributed by atoms with Crippen molar-refractivity contribution in [3.05, 3.63) is 64.7 Å². The van der Waals surface area contributed by atoms with Gasteiger partial charge < -0.3 is 10.4 Å². The number of benzene rings is 2. The fourth-order valence-corrected chi connectivity index (χ4v) is 2.15. The maximum atomic E-state index is 12.2. The minimum absolute atomic E-state index is 0.205. The molecule has 0 aliphatic carbocycles. The third-order valence-electron chi connectivity index (χ3n) is 3.56. The van der Waals surface area contributed by atoms with E-state index in [0.29, 0.717) is 22.7 Å². The molecule has 0 saturated carbocycles. The van der Waals surface area contributed by atoms with Crippen molar-refractivity contribution in [3.63, 3.8) is 0 Å². The summed E-state index contributed by atoms with van der Waals surface area (Å²) in [4.78, 5) is 23.1. The second-order valence-corrected chi connectivity index (χ2v) is 5.57. The van der Waals surface area contributed by atoms with E-state index in [1.807, 2.05) is 12.1 Å². The van der Waals surface area contributed by atoms with E-state index in [9.17, 15) is 9.59 Å². The zero-order chi connectivity index (χ0) is 16.3. The van der Waals surface area contributed by atoms with Gasteiger partial charge in [-0.2, -0.15) is 0 Å². The summed E-state index contributed by atoms with van der Waals surface area (Å²) in [7, 11) is 0. The number of rotatable bonds is 4. The topological polar surface area (TPSA) is 66.4 Å². The molecule has 0 bridgehead atoms. The number of amides is 1. The van der Waals surface area contributed by atoms with E-state index in [2.05, 4.69) is 19.2 Å². The van der Waals surface area contributed by atoms with Crippen LogP contribution in [0.5, 0.6) is 0 Å². The van der Waals surface area contributed by atoms with E-state index >= 15 is 0 Å². The SMILES string of the molecule is Cc1cc(C(=O)O)ccc1NC(=O)c1ccc(C(C)C)cc1. The van der Waals surface area contributed by atoms with Crippen molar-refractivity contribution in [2.24, 2.45) is 0 Å². The lowest BCUT2D eigenvalue weighted by Crippen LogP contribution is -2.13. The molecule has 0 spiro atoms. The number of aromatic carboxylic acids is 1. The van der Waals surface area contributed by atoms with Crippen molar-refractivity contribution in [2.45, 2.75) is 26.7 Å². The second kappa shape index (κ2) is 6.43. The standard InChI is InChI=1S/C18H19NO3/c1-11(2)13-4-6-14(7-5-13)17(20)19-16-9-8-15(18(21)22)10-12(16)3/h4-11H,1-3H3,(H,19,20)(H,21,22). The van der Waals surface area contributed by atoms with E-state index < -0.39 is 5.97 Å². The highest BCUT2D eigenvalue weighted by atomic mass is 16.4. The predicted molar refractivity (Wildman–Crippen MR) is 86.6 cm³/mol. The summed E-state index contributed by atoms with van der Waals surface area (Å²) in [6, 6.07) is 12.1. The Hall–Kier alpha value is -2.62. The molecule has 4 nitrogen and oxygen atoms in total. The minimum atomic E-state index is -0.981. The van der Waals surface area contributed by atoms with Gasteiger partial charge in [-0.1, -0.05) is 26.0 Å². The van der Waals surface area contributed by atoms with Gasteiger partial charge in [0, 0.05) is 11.3 Å². The molecule has 2 aromatic rings. The average Bonchev–Trinajstić information content (AvgIpc) is 2.49. The van der Waals surface area contributed by atoms with Gasteiger partial charge in [0.25, 0.3) is 5.91 Å². The summed E-state index contributed by atoms with van der Waals surface area (Å²) in [5.41, 5.74) is 3.29. The zero-order valence-corrected chi connectivity index (χ0v) is 12.9. The van der Waals surface area contributed by atoms with E-state index in [1.165, 1.54) is 11.6 Å². The number of carboxylic acids is 1. The van der Waals surface area contributed by atoms with E-state index in [4.69, 9.17) is 5.11 Å². The van der Waals surface area contributed by atoms with Gasteiger partial charge in [-0.05, 0) is 54.3 Å². The highest BCUT2D eigenvalue weighted by Gasteiger charge is 2.10. The molecule has 0 unspecified atom stereocenters. The van der Waals surface area contributed by atoms with Crippen LogP contribution < -0.4 is 5.32 Å². The summed E-state index contributed by atoms with van der Waals surface area (Å²) in [6.07, 6.45) is 0. The maximum Gasteiger partial charge on any atom is 0.335 e. The molecule has 0 aliphatic rings. The van der Waals surface area contributed by atoms with Crippen LogP contribution >= 0.6 is 0 Å². The number of anilines is 1. The van der Waals surface area contributed by atoms with Crippen LogP contribution in [0.25, 0.3) is 0 Å². The first kappa shape index (κ1) is 15.8. The van der Waals surface area contributed by atoms with Gasteiger partial charge in [0.2, 0.25) is 0 Å². The van der Waals surface area contributed by atoms with Crippen molar-refractivity contribution in [1.29, 1.82) is 0 Å². The van der Waals surface area contributed by atoms with Gasteiger partial charge in [-0.25, -0.2) is 4.79 Å². The Kier molecular flexibility index (Phi) is 4.61. The van der Waals surface area contributed by atoms with Crippen molar-refractivity contribution in [3.8, 4) is 0 Å². The van der Waals surface area contributed by atoms with Gasteiger partial charge in [0.05, 0.1) is 5.56 Å². The van der Waals surface area contributed by atoms with Crippen LogP contribution in [-0.4, -0.2) is 17.0 Å². The van der Waals surface area contributed by atoms with Gasteiger partial charge >= 0.3 is 5.97 Å². The van der Waals surface area contributed by atoms with Crippen LogP contribution in [0.4, 0.5) is 5.69 Å². The van der Waals surface area contributed by atoms with Gasteiger partial charge in [0.15, 0.2) is 0 Å². The average molecular weight is 297 g/mol. The van der Waals surface area contributed by atoms with E-state index in [-0.39, 0.29) is 11.5 Å².